The van der Waals surface area contributed by atoms with E-state index < -0.39 is 15.9 Å². The van der Waals surface area contributed by atoms with Crippen molar-refractivity contribution in [2.45, 2.75) is 4.90 Å². The van der Waals surface area contributed by atoms with Crippen molar-refractivity contribution in [3.8, 4) is 6.07 Å². The monoisotopic (exact) mass is 327 g/mol. The molecule has 1 aliphatic rings. The number of fused-ring (bicyclic) bond motifs is 1. The van der Waals surface area contributed by atoms with Crippen molar-refractivity contribution in [2.75, 3.05) is 10.6 Å². The summed E-state index contributed by atoms with van der Waals surface area (Å²) in [5.41, 5.74) is 1.04. The molecule has 0 saturated carbocycles. The number of aromatic nitrogens is 2. The first kappa shape index (κ1) is 14.7. The minimum absolute atomic E-state index is 0.132. The molecule has 114 valence electrons. The second-order valence-corrected chi connectivity index (χ2v) is 6.38. The molecule has 0 saturated heterocycles. The lowest BCUT2D eigenvalue weighted by Gasteiger charge is -2.08. The zero-order valence-electron chi connectivity index (χ0n) is 11.5. The molecule has 0 unspecified atom stereocenters. The first-order valence-electron chi connectivity index (χ1n) is 6.35. The van der Waals surface area contributed by atoms with E-state index in [0.29, 0.717) is 11.3 Å². The summed E-state index contributed by atoms with van der Waals surface area (Å²) in [6.45, 7) is 0. The molecule has 9 heteroatoms. The number of amides is 2. The van der Waals surface area contributed by atoms with Gasteiger partial charge in [-0.1, -0.05) is 6.07 Å². The number of rotatable bonds is 2. The van der Waals surface area contributed by atoms with Crippen LogP contribution in [0.2, 0.25) is 0 Å². The van der Waals surface area contributed by atoms with Crippen molar-refractivity contribution in [1.82, 2.24) is 9.97 Å². The summed E-state index contributed by atoms with van der Waals surface area (Å²) < 4.78 is 23.6. The minimum Gasteiger partial charge on any atom is -0.308 e. The molecule has 1 aromatic carbocycles. The number of hydrogen-bond donors (Lipinski definition) is 2. The quantitative estimate of drug-likeness (QED) is 0.865. The normalized spacial score (nSPS) is 13.9. The van der Waals surface area contributed by atoms with E-state index in [2.05, 4.69) is 20.6 Å². The van der Waals surface area contributed by atoms with E-state index in [4.69, 9.17) is 5.26 Å². The van der Waals surface area contributed by atoms with Crippen LogP contribution in [-0.4, -0.2) is 24.4 Å². The first-order valence-corrected chi connectivity index (χ1v) is 7.90. The smallest absolute Gasteiger partial charge is 0.308 e. The largest absolute Gasteiger partial charge is 0.324 e. The van der Waals surface area contributed by atoms with Gasteiger partial charge in [-0.25, -0.2) is 23.2 Å². The Balaban J connectivity index is 1.73. The van der Waals surface area contributed by atoms with Gasteiger partial charge in [0.25, 0.3) is 0 Å². The Morgan fingerprint density at radius 1 is 1.17 bits per heavy atom. The third-order valence-corrected chi connectivity index (χ3v) is 4.47. The van der Waals surface area contributed by atoms with Crippen molar-refractivity contribution < 1.29 is 13.2 Å². The highest BCUT2D eigenvalue weighted by molar-refractivity contribution is 7.94. The number of nitrogens with one attached hydrogen (secondary N) is 2. The van der Waals surface area contributed by atoms with Gasteiger partial charge in [0.2, 0.25) is 9.84 Å². The summed E-state index contributed by atoms with van der Waals surface area (Å²) in [5.74, 6) is 0.164. The third-order valence-electron chi connectivity index (χ3n) is 3.01. The van der Waals surface area contributed by atoms with Crippen molar-refractivity contribution in [3.05, 3.63) is 47.3 Å². The molecule has 0 spiro atoms. The van der Waals surface area contributed by atoms with Gasteiger partial charge >= 0.3 is 6.03 Å². The van der Waals surface area contributed by atoms with E-state index in [-0.39, 0.29) is 16.4 Å². The van der Waals surface area contributed by atoms with Crippen molar-refractivity contribution in [3.63, 3.8) is 0 Å². The van der Waals surface area contributed by atoms with Gasteiger partial charge in [-0.2, -0.15) is 5.26 Å². The Labute approximate surface area is 131 Å². The molecule has 2 N–H and O–H groups in total. The lowest BCUT2D eigenvalue weighted by atomic mass is 10.2. The molecule has 0 aliphatic carbocycles. The van der Waals surface area contributed by atoms with Gasteiger partial charge in [-0.15, -0.1) is 0 Å². The van der Waals surface area contributed by atoms with Gasteiger partial charge < -0.3 is 5.32 Å². The molecule has 0 bridgehead atoms. The maximum atomic E-state index is 11.9. The number of nitrogens with zero attached hydrogens (tertiary/aromatic N) is 3. The Hall–Kier alpha value is -3.25. The van der Waals surface area contributed by atoms with Gasteiger partial charge in [-0.05, 0) is 23.8 Å². The molecule has 0 radical (unpaired) electrons. The number of carbonyl (C=O) groups excluding carboxylic acids is 1. The molecule has 0 fully saturated rings. The van der Waals surface area contributed by atoms with Crippen LogP contribution < -0.4 is 10.6 Å². The Morgan fingerprint density at radius 3 is 2.70 bits per heavy atom. The minimum atomic E-state index is -3.44. The van der Waals surface area contributed by atoms with Crippen LogP contribution >= 0.6 is 0 Å². The van der Waals surface area contributed by atoms with Crippen LogP contribution in [0.1, 0.15) is 11.3 Å². The Kier molecular flexibility index (Phi) is 3.51. The van der Waals surface area contributed by atoms with Gasteiger partial charge in [0.15, 0.2) is 11.5 Å². The second-order valence-electron chi connectivity index (χ2n) is 4.58. The third kappa shape index (κ3) is 3.02. The highest BCUT2D eigenvalue weighted by atomic mass is 32.2. The number of carbonyl (C=O) groups is 1. The fraction of sp³-hybridized carbons (Fsp3) is 0. The molecule has 0 atom stereocenters. The highest BCUT2D eigenvalue weighted by Crippen LogP contribution is 2.29. The van der Waals surface area contributed by atoms with E-state index in [9.17, 15) is 13.2 Å². The number of sulfone groups is 1. The number of urea groups is 1. The van der Waals surface area contributed by atoms with Crippen LogP contribution in [0.15, 0.2) is 40.9 Å². The zero-order chi connectivity index (χ0) is 16.4. The number of benzene rings is 1. The molecule has 1 aromatic heterocycles. The standard InChI is InChI=1S/C14H9N5O3S/c15-6-11-7-17-13(8-16-11)19-14(20)18-10-2-1-9-3-4-23(21,22)12(9)5-10/h1-5,7-8H,(H2,17,18,19,20). The van der Waals surface area contributed by atoms with Gasteiger partial charge in [-0.3, -0.25) is 5.32 Å². The zero-order valence-corrected chi connectivity index (χ0v) is 12.3. The predicted octanol–water partition coefficient (Wildman–Crippen LogP) is 1.75. The molecule has 1 aliphatic heterocycles. The Bertz CT molecular complexity index is 959. The summed E-state index contributed by atoms with van der Waals surface area (Å²) in [7, 11) is -3.44. The van der Waals surface area contributed by atoms with Crippen LogP contribution in [0.3, 0.4) is 0 Å². The average molecular weight is 327 g/mol. The molecule has 8 nitrogen and oxygen atoms in total. The first-order chi connectivity index (χ1) is 11.0. The number of nitriles is 1. The Morgan fingerprint density at radius 2 is 2.00 bits per heavy atom. The van der Waals surface area contributed by atoms with Crippen LogP contribution in [-0.2, 0) is 9.84 Å². The van der Waals surface area contributed by atoms with E-state index in [1.165, 1.54) is 24.5 Å². The molecular formula is C14H9N5O3S. The fourth-order valence-corrected chi connectivity index (χ4v) is 3.19. The average Bonchev–Trinajstić information content (AvgIpc) is 2.83. The van der Waals surface area contributed by atoms with Crippen LogP contribution in [0.25, 0.3) is 6.08 Å². The SMILES string of the molecule is N#Cc1cnc(NC(=O)Nc2ccc3c(c2)S(=O)(=O)C=C3)cn1. The van der Waals surface area contributed by atoms with Gasteiger partial charge in [0.05, 0.1) is 17.3 Å². The molecule has 2 aromatic rings. The van der Waals surface area contributed by atoms with Crippen molar-refractivity contribution in [2.24, 2.45) is 0 Å². The van der Waals surface area contributed by atoms with E-state index >= 15 is 0 Å². The molecule has 23 heavy (non-hydrogen) atoms. The summed E-state index contributed by atoms with van der Waals surface area (Å²) in [4.78, 5) is 19.6. The maximum absolute atomic E-state index is 11.9. The van der Waals surface area contributed by atoms with Crippen LogP contribution in [0.5, 0.6) is 0 Å². The van der Waals surface area contributed by atoms with E-state index in [1.807, 2.05) is 6.07 Å². The summed E-state index contributed by atoms with van der Waals surface area (Å²) in [6.07, 6.45) is 3.97. The van der Waals surface area contributed by atoms with Crippen LogP contribution in [0, 0.1) is 11.3 Å². The van der Waals surface area contributed by atoms with E-state index in [0.717, 1.165) is 5.41 Å². The molecule has 2 amide bonds. The maximum Gasteiger partial charge on any atom is 0.324 e. The van der Waals surface area contributed by atoms with E-state index in [1.54, 1.807) is 12.1 Å². The summed E-state index contributed by atoms with van der Waals surface area (Å²) in [6, 6.07) is 5.79. The topological polar surface area (TPSA) is 125 Å². The van der Waals surface area contributed by atoms with Crippen LogP contribution in [0.4, 0.5) is 16.3 Å². The van der Waals surface area contributed by atoms with Crippen molar-refractivity contribution in [1.29, 1.82) is 5.26 Å². The molecule has 3 rings (SSSR count). The molecule has 2 heterocycles. The summed E-state index contributed by atoms with van der Waals surface area (Å²) >= 11 is 0. The van der Waals surface area contributed by atoms with Crippen molar-refractivity contribution >= 4 is 33.4 Å². The number of anilines is 2. The fourth-order valence-electron chi connectivity index (χ4n) is 1.96. The second kappa shape index (κ2) is 5.51. The van der Waals surface area contributed by atoms with Gasteiger partial charge in [0.1, 0.15) is 6.07 Å². The molecular weight excluding hydrogens is 318 g/mol. The lowest BCUT2D eigenvalue weighted by Crippen LogP contribution is -2.20. The highest BCUT2D eigenvalue weighted by Gasteiger charge is 2.21. The predicted molar refractivity (Wildman–Crippen MR) is 82.1 cm³/mol. The van der Waals surface area contributed by atoms with Gasteiger partial charge in [0, 0.05) is 11.1 Å². The summed E-state index contributed by atoms with van der Waals surface area (Å²) in [5, 5.41) is 14.7. The number of hydrogen-bond acceptors (Lipinski definition) is 6. The lowest BCUT2D eigenvalue weighted by molar-refractivity contribution is 0.262.